The number of hydrogen-bond donors (Lipinski definition) is 2. The largest absolute Gasteiger partial charge is 0.395 e. The van der Waals surface area contributed by atoms with Crippen molar-refractivity contribution in [2.45, 2.75) is 31.2 Å². The first-order valence-corrected chi connectivity index (χ1v) is 11.4. The molecule has 0 radical (unpaired) electrons. The summed E-state index contributed by atoms with van der Waals surface area (Å²) in [5.41, 5.74) is 1.51. The number of halogens is 1. The van der Waals surface area contributed by atoms with Crippen LogP contribution in [-0.4, -0.2) is 47.4 Å². The highest BCUT2D eigenvalue weighted by atomic mass is 19.1. The van der Waals surface area contributed by atoms with E-state index in [1.54, 1.807) is 55.3 Å². The van der Waals surface area contributed by atoms with E-state index in [9.17, 15) is 14.7 Å². The Hall–Kier alpha value is -4.25. The van der Waals surface area contributed by atoms with E-state index in [4.69, 9.17) is 0 Å². The van der Waals surface area contributed by atoms with Crippen molar-refractivity contribution >= 4 is 5.91 Å². The maximum atomic E-state index is 15.3. The lowest BCUT2D eigenvalue weighted by molar-refractivity contribution is 0.0932. The molecule has 11 heteroatoms. The van der Waals surface area contributed by atoms with Crippen molar-refractivity contribution in [1.82, 2.24) is 35.1 Å². The van der Waals surface area contributed by atoms with E-state index in [1.807, 2.05) is 0 Å². The molecular weight excluding hydrogens is 465 g/mol. The lowest BCUT2D eigenvalue weighted by Gasteiger charge is -2.20. The molecule has 1 aliphatic carbocycles. The normalized spacial score (nSPS) is 14.9. The Balaban J connectivity index is 1.41. The Morgan fingerprint density at radius 3 is 2.72 bits per heavy atom. The van der Waals surface area contributed by atoms with Gasteiger partial charge in [-0.1, -0.05) is 23.4 Å². The van der Waals surface area contributed by atoms with Gasteiger partial charge < -0.3 is 10.4 Å². The van der Waals surface area contributed by atoms with Crippen LogP contribution in [0.3, 0.4) is 0 Å². The number of benzene rings is 1. The SMILES string of the molecule is C[C@@H](NC(=O)c1ccc(=O)n(-c2cncc(-c3cnnn3C)c2)n1)c1cccc(C2(CO)CC2)c1F. The van der Waals surface area contributed by atoms with E-state index in [-0.39, 0.29) is 12.3 Å². The first-order valence-electron chi connectivity index (χ1n) is 11.4. The van der Waals surface area contributed by atoms with Gasteiger partial charge in [0.25, 0.3) is 11.5 Å². The minimum absolute atomic E-state index is 0.0142. The molecule has 1 saturated carbocycles. The molecule has 1 fully saturated rings. The molecule has 2 N–H and O–H groups in total. The summed E-state index contributed by atoms with van der Waals surface area (Å²) in [5.74, 6) is -0.994. The molecule has 10 nitrogen and oxygen atoms in total. The molecule has 0 spiro atoms. The number of pyridine rings is 1. The third kappa shape index (κ3) is 4.17. The first-order chi connectivity index (χ1) is 17.3. The number of carbonyl (C=O) groups is 1. The molecule has 5 rings (SSSR count). The molecule has 4 aromatic rings. The highest BCUT2D eigenvalue weighted by molar-refractivity contribution is 5.92. The van der Waals surface area contributed by atoms with Gasteiger partial charge in [-0.2, -0.15) is 9.78 Å². The van der Waals surface area contributed by atoms with E-state index in [2.05, 4.69) is 25.7 Å². The van der Waals surface area contributed by atoms with Gasteiger partial charge in [0.2, 0.25) is 0 Å². The van der Waals surface area contributed by atoms with Gasteiger partial charge in [-0.05, 0) is 37.5 Å². The average molecular weight is 490 g/mol. The van der Waals surface area contributed by atoms with Crippen LogP contribution in [0.4, 0.5) is 4.39 Å². The van der Waals surface area contributed by atoms with Crippen LogP contribution < -0.4 is 10.9 Å². The molecule has 3 heterocycles. The summed E-state index contributed by atoms with van der Waals surface area (Å²) in [6, 6.07) is 8.60. The fourth-order valence-electron chi connectivity index (χ4n) is 4.26. The van der Waals surface area contributed by atoms with Crippen molar-refractivity contribution < 1.29 is 14.3 Å². The van der Waals surface area contributed by atoms with Crippen LogP contribution in [0.5, 0.6) is 0 Å². The van der Waals surface area contributed by atoms with Gasteiger partial charge in [0.05, 0.1) is 36.4 Å². The predicted molar refractivity (Wildman–Crippen MR) is 128 cm³/mol. The summed E-state index contributed by atoms with van der Waals surface area (Å²) < 4.78 is 17.9. The Kier molecular flexibility index (Phi) is 5.92. The Morgan fingerprint density at radius 1 is 1.22 bits per heavy atom. The standard InChI is InChI=1S/C25H24FN7O3/c1-15(18-4-3-5-19(23(18)26)25(14-34)8-9-25)29-24(36)20-6-7-22(35)33(30-20)17-10-16(11-27-12-17)21-13-28-31-32(21)2/h3-7,10-13,15,34H,8-9,14H2,1-2H3,(H,29,36)/t15-/m1/s1. The number of amides is 1. The van der Waals surface area contributed by atoms with E-state index in [0.717, 1.165) is 17.5 Å². The minimum atomic E-state index is -0.670. The van der Waals surface area contributed by atoms with Crippen LogP contribution in [0.15, 0.2) is 59.8 Å². The smallest absolute Gasteiger partial charge is 0.272 e. The number of aliphatic hydroxyl groups is 1. The number of aromatic nitrogens is 6. The molecule has 0 aliphatic heterocycles. The van der Waals surface area contributed by atoms with Crippen LogP contribution in [0, 0.1) is 5.82 Å². The summed E-state index contributed by atoms with van der Waals surface area (Å²) in [4.78, 5) is 29.7. The number of rotatable bonds is 7. The van der Waals surface area contributed by atoms with E-state index in [0.29, 0.717) is 28.1 Å². The first kappa shape index (κ1) is 23.5. The van der Waals surface area contributed by atoms with E-state index >= 15 is 4.39 Å². The van der Waals surface area contributed by atoms with E-state index in [1.165, 1.54) is 18.3 Å². The van der Waals surface area contributed by atoms with Crippen LogP contribution in [0.1, 0.15) is 47.4 Å². The maximum absolute atomic E-state index is 15.3. The molecule has 184 valence electrons. The van der Waals surface area contributed by atoms with Gasteiger partial charge in [0, 0.05) is 35.9 Å². The molecule has 0 unspecified atom stereocenters. The number of aliphatic hydroxyl groups excluding tert-OH is 1. The third-order valence-electron chi connectivity index (χ3n) is 6.58. The number of nitrogens with zero attached hydrogens (tertiary/aromatic N) is 6. The number of nitrogens with one attached hydrogen (secondary N) is 1. The van der Waals surface area contributed by atoms with E-state index < -0.39 is 28.7 Å². The zero-order chi connectivity index (χ0) is 25.4. The van der Waals surface area contributed by atoms with Gasteiger partial charge in [-0.15, -0.1) is 5.10 Å². The second-order valence-corrected chi connectivity index (χ2v) is 8.99. The fourth-order valence-corrected chi connectivity index (χ4v) is 4.26. The number of carbonyl (C=O) groups excluding carboxylic acids is 1. The van der Waals surface area contributed by atoms with Crippen LogP contribution in [-0.2, 0) is 12.5 Å². The number of hydrogen-bond acceptors (Lipinski definition) is 7. The Morgan fingerprint density at radius 2 is 2.03 bits per heavy atom. The zero-order valence-electron chi connectivity index (χ0n) is 19.7. The fraction of sp³-hybridized carbons (Fsp3) is 0.280. The summed E-state index contributed by atoms with van der Waals surface area (Å²) in [6.07, 6.45) is 6.09. The zero-order valence-corrected chi connectivity index (χ0v) is 19.7. The van der Waals surface area contributed by atoms with Gasteiger partial charge in [-0.25, -0.2) is 9.07 Å². The monoisotopic (exact) mass is 489 g/mol. The molecule has 0 bridgehead atoms. The van der Waals surface area contributed by atoms with Crippen molar-refractivity contribution in [2.75, 3.05) is 6.61 Å². The van der Waals surface area contributed by atoms with Crippen LogP contribution in [0.2, 0.25) is 0 Å². The number of aryl methyl sites for hydroxylation is 1. The highest BCUT2D eigenvalue weighted by Crippen LogP contribution is 2.49. The quantitative estimate of drug-likeness (QED) is 0.407. The van der Waals surface area contributed by atoms with Gasteiger partial charge in [0.15, 0.2) is 0 Å². The van der Waals surface area contributed by atoms with Gasteiger partial charge in [-0.3, -0.25) is 14.6 Å². The maximum Gasteiger partial charge on any atom is 0.272 e. The van der Waals surface area contributed by atoms with Crippen molar-refractivity contribution in [3.8, 4) is 16.9 Å². The van der Waals surface area contributed by atoms with Gasteiger partial charge in [0.1, 0.15) is 11.5 Å². The molecule has 1 aliphatic rings. The molecule has 1 amide bonds. The molecule has 1 atom stereocenters. The molecule has 3 aromatic heterocycles. The lowest BCUT2D eigenvalue weighted by Crippen LogP contribution is -2.31. The lowest BCUT2D eigenvalue weighted by atomic mass is 9.92. The third-order valence-corrected chi connectivity index (χ3v) is 6.58. The summed E-state index contributed by atoms with van der Waals surface area (Å²) in [7, 11) is 1.73. The van der Waals surface area contributed by atoms with Crippen molar-refractivity contribution in [2.24, 2.45) is 7.05 Å². The Labute approximate surface area is 205 Å². The van der Waals surface area contributed by atoms with Crippen molar-refractivity contribution in [3.05, 3.63) is 88.0 Å². The highest BCUT2D eigenvalue weighted by Gasteiger charge is 2.46. The van der Waals surface area contributed by atoms with Crippen LogP contribution >= 0.6 is 0 Å². The summed E-state index contributed by atoms with van der Waals surface area (Å²) >= 11 is 0. The van der Waals surface area contributed by atoms with Crippen molar-refractivity contribution in [1.29, 1.82) is 0 Å². The second kappa shape index (κ2) is 9.08. The Bertz CT molecular complexity index is 1510. The molecule has 36 heavy (non-hydrogen) atoms. The summed E-state index contributed by atoms with van der Waals surface area (Å²) in [5, 5.41) is 24.4. The molecule has 0 saturated heterocycles. The minimum Gasteiger partial charge on any atom is -0.395 e. The summed E-state index contributed by atoms with van der Waals surface area (Å²) in [6.45, 7) is 1.55. The molecular formula is C25H24FN7O3. The predicted octanol–water partition coefficient (Wildman–Crippen LogP) is 2.08. The molecule has 1 aromatic carbocycles. The average Bonchev–Trinajstić information content (AvgIpc) is 3.56. The van der Waals surface area contributed by atoms with Gasteiger partial charge >= 0.3 is 0 Å². The van der Waals surface area contributed by atoms with Crippen LogP contribution in [0.25, 0.3) is 16.9 Å². The topological polar surface area (TPSA) is 128 Å². The second-order valence-electron chi connectivity index (χ2n) is 8.99. The van der Waals surface area contributed by atoms with Crippen molar-refractivity contribution in [3.63, 3.8) is 0 Å².